The normalized spacial score (nSPS) is 18.9. The molecule has 3 heterocycles. The average molecular weight is 561 g/mol. The van der Waals surface area contributed by atoms with E-state index in [1.807, 2.05) is 0 Å². The number of amides is 2. The van der Waals surface area contributed by atoms with E-state index in [4.69, 9.17) is 11.1 Å². The maximum atomic E-state index is 12.8. The molecule has 2 amide bonds. The molecule has 176 valence electrons. The first-order chi connectivity index (χ1) is 15.6. The molecule has 0 bridgehead atoms. The summed E-state index contributed by atoms with van der Waals surface area (Å²) < 4.78 is 0. The van der Waals surface area contributed by atoms with Crippen LogP contribution in [0.25, 0.3) is 0 Å². The summed E-state index contributed by atoms with van der Waals surface area (Å²) in [6.07, 6.45) is 0. The number of carboxylic acid groups (broad SMARTS) is 2. The number of nitrogens with two attached hydrogens (primary N) is 1. The van der Waals surface area contributed by atoms with Gasteiger partial charge in [-0.2, -0.15) is 0 Å². The van der Waals surface area contributed by atoms with Gasteiger partial charge in [-0.05, 0) is 5.90 Å². The molecule has 19 heteroatoms. The number of aromatic nitrogens is 1. The molecule has 2 atom stereocenters. The number of thiazole rings is 1. The number of nitrogen functional groups attached to an aromatic ring is 1. The van der Waals surface area contributed by atoms with Crippen LogP contribution in [0.1, 0.15) is 5.69 Å². The van der Waals surface area contributed by atoms with E-state index in [0.29, 0.717) is 0 Å². The zero-order chi connectivity index (χ0) is 24.3. The molecular formula is C16H14N6Na2O8S3. The van der Waals surface area contributed by atoms with E-state index < -0.39 is 53.4 Å². The number of fused-ring (bicyclic) bond motifs is 1. The van der Waals surface area contributed by atoms with Crippen molar-refractivity contribution in [1.82, 2.24) is 15.2 Å². The van der Waals surface area contributed by atoms with Crippen LogP contribution in [-0.2, 0) is 24.0 Å². The number of carboxylic acids is 2. The molecule has 0 unspecified atom stereocenters. The van der Waals surface area contributed by atoms with E-state index >= 15 is 0 Å². The first-order valence-electron chi connectivity index (χ1n) is 8.80. The number of oxime groups is 1. The van der Waals surface area contributed by atoms with Crippen molar-refractivity contribution in [2.24, 2.45) is 5.16 Å². The molecule has 0 aromatic carbocycles. The fourth-order valence-electron chi connectivity index (χ4n) is 2.81. The Kier molecular flexibility index (Phi) is 12.5. The molecular weight excluding hydrogens is 546 g/mol. The Morgan fingerprint density at radius 3 is 2.63 bits per heavy atom. The van der Waals surface area contributed by atoms with Gasteiger partial charge in [-0.25, -0.2) is 9.78 Å². The van der Waals surface area contributed by atoms with Gasteiger partial charge in [0.2, 0.25) is 0 Å². The Hall–Kier alpha value is -1.31. The summed E-state index contributed by atoms with van der Waals surface area (Å²) in [5.41, 5.74) is 4.80. The summed E-state index contributed by atoms with van der Waals surface area (Å²) in [6.45, 7) is -0.932. The smallest absolute Gasteiger partial charge is 0.862 e. The van der Waals surface area contributed by atoms with Crippen molar-refractivity contribution in [1.29, 1.82) is 5.41 Å². The van der Waals surface area contributed by atoms with Crippen LogP contribution in [0.4, 0.5) is 5.13 Å². The molecule has 0 aliphatic carbocycles. The Morgan fingerprint density at radius 2 is 2.09 bits per heavy atom. The Balaban J connectivity index is 0.00000306. The number of anilines is 1. The van der Waals surface area contributed by atoms with Gasteiger partial charge in [-0.15, -0.1) is 34.9 Å². The van der Waals surface area contributed by atoms with E-state index in [9.17, 15) is 34.5 Å². The van der Waals surface area contributed by atoms with Crippen molar-refractivity contribution in [3.05, 3.63) is 21.7 Å². The van der Waals surface area contributed by atoms with Gasteiger partial charge in [-0.1, -0.05) is 5.16 Å². The predicted octanol–water partition coefficient (Wildman–Crippen LogP) is -9.03. The van der Waals surface area contributed by atoms with E-state index in [-0.39, 0.29) is 92.0 Å². The van der Waals surface area contributed by atoms with Gasteiger partial charge in [0.1, 0.15) is 22.8 Å². The third kappa shape index (κ3) is 7.59. The quantitative estimate of drug-likeness (QED) is 0.0687. The third-order valence-corrected chi connectivity index (χ3v) is 7.35. The second kappa shape index (κ2) is 13.8. The van der Waals surface area contributed by atoms with Crippen LogP contribution in [0.15, 0.2) is 21.1 Å². The largest absolute Gasteiger partial charge is 1.00 e. The number of β-lactam (4-membered cyclic amide) rings is 1. The number of carbonyl (C=O) groups excluding carboxylic acids is 3. The van der Waals surface area contributed by atoms with Gasteiger partial charge < -0.3 is 41.4 Å². The minimum atomic E-state index is -1.58. The molecule has 5 N–H and O–H groups in total. The number of rotatable bonds is 10. The van der Waals surface area contributed by atoms with Crippen LogP contribution >= 0.6 is 34.9 Å². The standard InChI is InChI=1S/C16H16N6O8S3.2Na/c17-7(23)4-31-6-3-32-14-10(13(27)22(14)11(6)15(28)29)20-12(26)9(21-30-1-8(24)25)5-2-33-16(18)19-5;;/h2,10,14H,1,3-4H2,(H2,17,23)(H2,18,19)(H,20,26)(H,24,25)(H,28,29);;/q;2*+1/p-2/b21-9+;;/t10-,14-;;/m1../s1. The topological polar surface area (TPSA) is 234 Å². The molecule has 35 heavy (non-hydrogen) atoms. The zero-order valence-corrected chi connectivity index (χ0v) is 24.8. The van der Waals surface area contributed by atoms with Crippen LogP contribution in [0, 0.1) is 5.41 Å². The number of nitrogens with zero attached hydrogens (tertiary/aromatic N) is 3. The van der Waals surface area contributed by atoms with Crippen LogP contribution < -0.4 is 80.4 Å². The van der Waals surface area contributed by atoms with Crippen LogP contribution in [0.2, 0.25) is 0 Å². The molecule has 3 rings (SSSR count). The number of carbonyl (C=O) groups is 4. The van der Waals surface area contributed by atoms with Crippen molar-refractivity contribution in [2.45, 2.75) is 11.4 Å². The molecule has 1 saturated heterocycles. The summed E-state index contributed by atoms with van der Waals surface area (Å²) in [7, 11) is 0. The van der Waals surface area contributed by atoms with Crippen molar-refractivity contribution in [3.63, 3.8) is 0 Å². The monoisotopic (exact) mass is 560 g/mol. The van der Waals surface area contributed by atoms with Gasteiger partial charge in [-0.3, -0.25) is 14.5 Å². The molecule has 0 radical (unpaired) electrons. The fraction of sp³-hybridized carbons (Fsp3) is 0.312. The van der Waals surface area contributed by atoms with E-state index in [1.54, 1.807) is 0 Å². The summed E-state index contributed by atoms with van der Waals surface area (Å²) >= 11 is 3.02. The summed E-state index contributed by atoms with van der Waals surface area (Å²) in [4.78, 5) is 57.5. The number of aliphatic carboxylic acids is 2. The Morgan fingerprint density at radius 1 is 1.40 bits per heavy atom. The second-order valence-corrected chi connectivity index (χ2v) is 9.37. The number of hydrogen-bond donors (Lipinski definition) is 4. The fourth-order valence-corrected chi connectivity index (χ4v) is 5.72. The average Bonchev–Trinajstić information content (AvgIpc) is 3.17. The van der Waals surface area contributed by atoms with Crippen LogP contribution in [-0.4, -0.2) is 79.9 Å². The summed E-state index contributed by atoms with van der Waals surface area (Å²) in [5.74, 6) is -5.58. The van der Waals surface area contributed by atoms with Crippen LogP contribution in [0.3, 0.4) is 0 Å². The van der Waals surface area contributed by atoms with Crippen molar-refractivity contribution in [3.8, 4) is 0 Å². The van der Waals surface area contributed by atoms with E-state index in [2.05, 4.69) is 20.3 Å². The minimum Gasteiger partial charge on any atom is -0.862 e. The van der Waals surface area contributed by atoms with Crippen molar-refractivity contribution in [2.75, 3.05) is 23.8 Å². The molecule has 0 saturated carbocycles. The molecule has 0 spiro atoms. The van der Waals surface area contributed by atoms with Crippen LogP contribution in [0.5, 0.6) is 0 Å². The minimum absolute atomic E-state index is 0. The molecule has 1 fully saturated rings. The second-order valence-electron chi connectivity index (χ2n) is 6.31. The van der Waals surface area contributed by atoms with Crippen molar-refractivity contribution < 1.29 is 98.4 Å². The predicted molar refractivity (Wildman–Crippen MR) is 114 cm³/mol. The zero-order valence-electron chi connectivity index (χ0n) is 18.3. The number of hydrogen-bond acceptors (Lipinski definition) is 14. The number of thioether (sulfide) groups is 2. The Labute approximate surface area is 254 Å². The Bertz CT molecular complexity index is 1100. The third-order valence-electron chi connectivity index (χ3n) is 4.12. The molecule has 2 aliphatic heterocycles. The van der Waals surface area contributed by atoms with Gasteiger partial charge in [0.25, 0.3) is 11.8 Å². The van der Waals surface area contributed by atoms with Gasteiger partial charge in [0.05, 0.1) is 5.97 Å². The van der Waals surface area contributed by atoms with Gasteiger partial charge in [0.15, 0.2) is 17.5 Å². The maximum Gasteiger partial charge on any atom is 1.00 e. The van der Waals surface area contributed by atoms with Gasteiger partial charge in [0, 0.05) is 21.8 Å². The first kappa shape index (κ1) is 31.7. The first-order valence-corrected chi connectivity index (χ1v) is 11.7. The molecule has 1 aromatic heterocycles. The molecule has 2 aliphatic rings. The number of nitrogens with one attached hydrogen (secondary N) is 2. The SMILES string of the molecule is N=C([O-])CSC1=C(C(=O)O)N2C(=O)[C@@H](NC(=O)/C(=N/OCC(=O)[O-])c3csc(N)n3)[C@H]2SC1.[Na+].[Na+]. The molecule has 14 nitrogen and oxygen atoms in total. The van der Waals surface area contributed by atoms with E-state index in [1.165, 1.54) is 17.1 Å². The molecule has 1 aromatic rings. The maximum absolute atomic E-state index is 12.8. The summed E-state index contributed by atoms with van der Waals surface area (Å²) in [6, 6.07) is -1.11. The van der Waals surface area contributed by atoms with E-state index in [0.717, 1.165) is 28.0 Å². The summed E-state index contributed by atoms with van der Waals surface area (Å²) in [5, 5.41) is 44.6. The van der Waals surface area contributed by atoms with Crippen molar-refractivity contribution >= 4 is 75.4 Å². The van der Waals surface area contributed by atoms with Gasteiger partial charge >= 0.3 is 65.1 Å².